The maximum absolute atomic E-state index is 13.0. The number of nitrogens with one attached hydrogen (secondary N) is 1. The van der Waals surface area contributed by atoms with Crippen molar-refractivity contribution < 1.29 is 14.4 Å². The quantitative estimate of drug-likeness (QED) is 0.733. The van der Waals surface area contributed by atoms with Crippen LogP contribution >= 0.6 is 0 Å². The first kappa shape index (κ1) is 20.4. The van der Waals surface area contributed by atoms with Crippen LogP contribution in [0.15, 0.2) is 24.3 Å². The molecule has 3 rings (SSSR count). The van der Waals surface area contributed by atoms with Crippen LogP contribution in [0.3, 0.4) is 0 Å². The van der Waals surface area contributed by atoms with E-state index in [2.05, 4.69) is 5.32 Å². The van der Waals surface area contributed by atoms with Gasteiger partial charge in [0.15, 0.2) is 0 Å². The minimum atomic E-state index is -0.243. The molecule has 6 nitrogen and oxygen atoms in total. The number of benzene rings is 1. The lowest BCUT2D eigenvalue weighted by Gasteiger charge is -2.41. The molecule has 2 saturated heterocycles. The van der Waals surface area contributed by atoms with E-state index in [1.54, 1.807) is 0 Å². The summed E-state index contributed by atoms with van der Waals surface area (Å²) in [5.74, 6) is 0.0989. The average Bonchev–Trinajstić information content (AvgIpc) is 3.10. The van der Waals surface area contributed by atoms with Crippen molar-refractivity contribution in [1.82, 2.24) is 15.1 Å². The Hall–Kier alpha value is -2.37. The fourth-order valence-corrected chi connectivity index (χ4v) is 4.46. The summed E-state index contributed by atoms with van der Waals surface area (Å²) in [6, 6.07) is 7.80. The molecule has 0 aromatic heterocycles. The number of hydrogen-bond acceptors (Lipinski definition) is 3. The highest BCUT2D eigenvalue weighted by Crippen LogP contribution is 2.38. The SMILES string of the molecule is CCN1C(=O)CC[C@@H](C(=O)NCCCN2CCCC2=O)[C@@H]1c1ccccc1C. The highest BCUT2D eigenvalue weighted by atomic mass is 16.2. The summed E-state index contributed by atoms with van der Waals surface area (Å²) in [4.78, 5) is 40.9. The Morgan fingerprint density at radius 1 is 1.18 bits per heavy atom. The zero-order valence-electron chi connectivity index (χ0n) is 16.9. The van der Waals surface area contributed by atoms with Crippen LogP contribution in [-0.2, 0) is 14.4 Å². The molecule has 1 aromatic rings. The van der Waals surface area contributed by atoms with Crippen molar-refractivity contribution in [2.45, 2.75) is 52.0 Å². The predicted molar refractivity (Wildman–Crippen MR) is 107 cm³/mol. The van der Waals surface area contributed by atoms with E-state index >= 15 is 0 Å². The van der Waals surface area contributed by atoms with Crippen LogP contribution in [0.1, 0.15) is 56.2 Å². The van der Waals surface area contributed by atoms with Gasteiger partial charge in [-0.15, -0.1) is 0 Å². The molecule has 1 N–H and O–H groups in total. The molecule has 2 fully saturated rings. The number of rotatable bonds is 7. The molecule has 6 heteroatoms. The Morgan fingerprint density at radius 3 is 2.64 bits per heavy atom. The molecule has 0 bridgehead atoms. The van der Waals surface area contributed by atoms with Crippen molar-refractivity contribution in [2.24, 2.45) is 5.92 Å². The van der Waals surface area contributed by atoms with Crippen LogP contribution in [0.5, 0.6) is 0 Å². The number of carbonyl (C=O) groups excluding carboxylic acids is 3. The first-order chi connectivity index (χ1) is 13.5. The molecule has 28 heavy (non-hydrogen) atoms. The summed E-state index contributed by atoms with van der Waals surface area (Å²) in [7, 11) is 0. The Morgan fingerprint density at radius 2 is 1.96 bits per heavy atom. The van der Waals surface area contributed by atoms with Crippen LogP contribution in [0.4, 0.5) is 0 Å². The number of hydrogen-bond donors (Lipinski definition) is 1. The summed E-state index contributed by atoms with van der Waals surface area (Å²) >= 11 is 0. The van der Waals surface area contributed by atoms with Crippen molar-refractivity contribution in [3.05, 3.63) is 35.4 Å². The third-order valence-electron chi connectivity index (χ3n) is 5.97. The topological polar surface area (TPSA) is 69.7 Å². The summed E-state index contributed by atoms with van der Waals surface area (Å²) in [6.07, 6.45) is 3.33. The second kappa shape index (κ2) is 9.22. The summed E-state index contributed by atoms with van der Waals surface area (Å²) in [6.45, 7) is 6.68. The van der Waals surface area contributed by atoms with Crippen LogP contribution in [-0.4, -0.2) is 53.7 Å². The molecule has 0 unspecified atom stereocenters. The van der Waals surface area contributed by atoms with Gasteiger partial charge in [0.25, 0.3) is 0 Å². The van der Waals surface area contributed by atoms with Gasteiger partial charge in [-0.05, 0) is 44.2 Å². The van der Waals surface area contributed by atoms with Gasteiger partial charge < -0.3 is 15.1 Å². The Bertz CT molecular complexity index is 733. The van der Waals surface area contributed by atoms with Gasteiger partial charge in [0.2, 0.25) is 17.7 Å². The van der Waals surface area contributed by atoms with Gasteiger partial charge in [0.05, 0.1) is 12.0 Å². The molecular formula is C22H31N3O3. The second-order valence-corrected chi connectivity index (χ2v) is 7.76. The molecule has 2 aliphatic rings. The van der Waals surface area contributed by atoms with Crippen molar-refractivity contribution in [1.29, 1.82) is 0 Å². The maximum Gasteiger partial charge on any atom is 0.225 e. The lowest BCUT2D eigenvalue weighted by Crippen LogP contribution is -2.48. The van der Waals surface area contributed by atoms with Gasteiger partial charge in [0.1, 0.15) is 0 Å². The number of amides is 3. The lowest BCUT2D eigenvalue weighted by molar-refractivity contribution is -0.143. The monoisotopic (exact) mass is 385 g/mol. The maximum atomic E-state index is 13.0. The Labute approximate surface area is 167 Å². The summed E-state index contributed by atoms with van der Waals surface area (Å²) in [5.41, 5.74) is 2.16. The minimum Gasteiger partial charge on any atom is -0.356 e. The fourth-order valence-electron chi connectivity index (χ4n) is 4.46. The van der Waals surface area contributed by atoms with Crippen molar-refractivity contribution in [2.75, 3.05) is 26.2 Å². The largest absolute Gasteiger partial charge is 0.356 e. The third-order valence-corrected chi connectivity index (χ3v) is 5.97. The Kier molecular flexibility index (Phi) is 6.70. The number of aryl methyl sites for hydroxylation is 1. The molecule has 0 saturated carbocycles. The zero-order chi connectivity index (χ0) is 20.1. The van der Waals surface area contributed by atoms with Gasteiger partial charge in [0, 0.05) is 39.0 Å². The van der Waals surface area contributed by atoms with E-state index in [0.717, 1.165) is 30.5 Å². The highest BCUT2D eigenvalue weighted by Gasteiger charge is 2.40. The number of likely N-dealkylation sites (tertiary alicyclic amines) is 2. The molecule has 0 aliphatic carbocycles. The highest BCUT2D eigenvalue weighted by molar-refractivity contribution is 5.85. The van der Waals surface area contributed by atoms with E-state index in [1.165, 1.54) is 0 Å². The van der Waals surface area contributed by atoms with Gasteiger partial charge in [-0.25, -0.2) is 0 Å². The van der Waals surface area contributed by atoms with E-state index in [0.29, 0.717) is 38.9 Å². The van der Waals surface area contributed by atoms with Gasteiger partial charge in [-0.1, -0.05) is 24.3 Å². The van der Waals surface area contributed by atoms with Crippen LogP contribution in [0.2, 0.25) is 0 Å². The van der Waals surface area contributed by atoms with Gasteiger partial charge in [-0.2, -0.15) is 0 Å². The summed E-state index contributed by atoms with van der Waals surface area (Å²) < 4.78 is 0. The zero-order valence-corrected chi connectivity index (χ0v) is 16.9. The van der Waals surface area contributed by atoms with Crippen molar-refractivity contribution in [3.8, 4) is 0 Å². The van der Waals surface area contributed by atoms with Gasteiger partial charge in [-0.3, -0.25) is 14.4 Å². The van der Waals surface area contributed by atoms with E-state index in [-0.39, 0.29) is 29.7 Å². The van der Waals surface area contributed by atoms with E-state index in [4.69, 9.17) is 0 Å². The predicted octanol–water partition coefficient (Wildman–Crippen LogP) is 2.42. The first-order valence-corrected chi connectivity index (χ1v) is 10.4. The van der Waals surface area contributed by atoms with Crippen LogP contribution in [0.25, 0.3) is 0 Å². The van der Waals surface area contributed by atoms with Gasteiger partial charge >= 0.3 is 0 Å². The van der Waals surface area contributed by atoms with Crippen molar-refractivity contribution >= 4 is 17.7 Å². The van der Waals surface area contributed by atoms with Crippen LogP contribution in [0, 0.1) is 12.8 Å². The standard InChI is InChI=1S/C22H31N3O3/c1-3-25-20(27)12-11-18(21(25)17-9-5-4-8-16(17)2)22(28)23-13-7-15-24-14-6-10-19(24)26/h4-5,8-9,18,21H,3,6-7,10-15H2,1-2H3,(H,23,28)/t18-,21+/m1/s1. The normalized spacial score (nSPS) is 22.6. The van der Waals surface area contributed by atoms with E-state index < -0.39 is 0 Å². The molecule has 3 amide bonds. The van der Waals surface area contributed by atoms with Crippen LogP contribution < -0.4 is 5.32 Å². The lowest BCUT2D eigenvalue weighted by atomic mass is 9.82. The molecule has 2 aliphatic heterocycles. The fraction of sp³-hybridized carbons (Fsp3) is 0.591. The molecule has 1 aromatic carbocycles. The smallest absolute Gasteiger partial charge is 0.225 e. The number of nitrogens with zero attached hydrogens (tertiary/aromatic N) is 2. The summed E-state index contributed by atoms with van der Waals surface area (Å²) in [5, 5.41) is 3.05. The average molecular weight is 386 g/mol. The molecule has 2 atom stereocenters. The first-order valence-electron chi connectivity index (χ1n) is 10.4. The number of piperidine rings is 1. The number of carbonyl (C=O) groups is 3. The molecule has 0 radical (unpaired) electrons. The minimum absolute atomic E-state index is 0.00644. The Balaban J connectivity index is 1.65. The van der Waals surface area contributed by atoms with E-state index in [9.17, 15) is 14.4 Å². The second-order valence-electron chi connectivity index (χ2n) is 7.76. The molecule has 152 valence electrons. The third kappa shape index (κ3) is 4.37. The molecule has 0 spiro atoms. The molecular weight excluding hydrogens is 354 g/mol. The van der Waals surface area contributed by atoms with E-state index in [1.807, 2.05) is 47.9 Å². The van der Waals surface area contributed by atoms with Crippen molar-refractivity contribution in [3.63, 3.8) is 0 Å². The molecule has 2 heterocycles.